The second-order valence-corrected chi connectivity index (χ2v) is 10.2. The van der Waals surface area contributed by atoms with E-state index in [2.05, 4.69) is 38.1 Å². The van der Waals surface area contributed by atoms with Crippen LogP contribution in [0.3, 0.4) is 0 Å². The van der Waals surface area contributed by atoms with Gasteiger partial charge < -0.3 is 0 Å². The maximum atomic E-state index is 13.4. The fraction of sp³-hybridized carbons (Fsp3) is 0.682. The molecule has 0 bridgehead atoms. The van der Waals surface area contributed by atoms with E-state index < -0.39 is 0 Å². The van der Waals surface area contributed by atoms with Crippen molar-refractivity contribution in [1.82, 2.24) is 0 Å². The first-order chi connectivity index (χ1) is 11.7. The second-order valence-electron chi connectivity index (χ2n) is 7.60. The summed E-state index contributed by atoms with van der Waals surface area (Å²) < 4.78 is -0.0944. The molecule has 0 N–H and O–H groups in total. The zero-order valence-corrected chi connectivity index (χ0v) is 16.3. The number of rotatable bonds is 6. The van der Waals surface area contributed by atoms with E-state index in [1.165, 1.54) is 62.0 Å². The normalized spacial score (nSPS) is 20.4. The van der Waals surface area contributed by atoms with Gasteiger partial charge in [-0.1, -0.05) is 57.4 Å². The van der Waals surface area contributed by atoms with Gasteiger partial charge in [-0.05, 0) is 37.2 Å². The number of carbonyl (C=O) groups is 1. The third kappa shape index (κ3) is 3.45. The highest BCUT2D eigenvalue weighted by Crippen LogP contribution is 2.37. The standard InChI is InChI=1S/C22H33OS/c1-3-22(4-2,24-16-8-9-17-24)21(23)20-14-12-19(13-15-20)18-10-6-5-7-11-18/h12-15,18H,3-11,16-17H2,1-2H3/q+1. The van der Waals surface area contributed by atoms with Gasteiger partial charge in [0.05, 0.1) is 0 Å². The molecule has 1 saturated heterocycles. The van der Waals surface area contributed by atoms with Crippen LogP contribution in [0.25, 0.3) is 0 Å². The Morgan fingerprint density at radius 3 is 2.08 bits per heavy atom. The van der Waals surface area contributed by atoms with Gasteiger partial charge in [-0.15, -0.1) is 0 Å². The molecule has 3 rings (SSSR count). The average molecular weight is 346 g/mol. The fourth-order valence-electron chi connectivity index (χ4n) is 4.76. The van der Waals surface area contributed by atoms with E-state index in [9.17, 15) is 4.79 Å². The number of Topliss-reactive ketones (excluding diaryl/α,β-unsaturated/α-hetero) is 1. The quantitative estimate of drug-likeness (QED) is 0.464. The summed E-state index contributed by atoms with van der Waals surface area (Å²) in [5.74, 6) is 3.69. The van der Waals surface area contributed by atoms with Crippen LogP contribution in [0.1, 0.15) is 93.5 Å². The molecule has 1 aromatic rings. The van der Waals surface area contributed by atoms with E-state index >= 15 is 0 Å². The molecule has 1 saturated carbocycles. The van der Waals surface area contributed by atoms with Crippen LogP contribution in [0.5, 0.6) is 0 Å². The van der Waals surface area contributed by atoms with Crippen molar-refractivity contribution in [2.24, 2.45) is 0 Å². The molecule has 2 fully saturated rings. The van der Waals surface area contributed by atoms with Crippen LogP contribution in [0.2, 0.25) is 0 Å². The van der Waals surface area contributed by atoms with Gasteiger partial charge in [0.15, 0.2) is 4.75 Å². The molecule has 132 valence electrons. The Morgan fingerprint density at radius 2 is 1.54 bits per heavy atom. The van der Waals surface area contributed by atoms with Gasteiger partial charge in [-0.3, -0.25) is 4.79 Å². The zero-order chi connectivity index (χ0) is 17.0. The second kappa shape index (κ2) is 8.08. The molecule has 1 nitrogen and oxygen atoms in total. The summed E-state index contributed by atoms with van der Waals surface area (Å²) in [6, 6.07) is 8.76. The van der Waals surface area contributed by atoms with Crippen LogP contribution >= 0.6 is 0 Å². The van der Waals surface area contributed by atoms with Gasteiger partial charge >= 0.3 is 0 Å². The summed E-state index contributed by atoms with van der Waals surface area (Å²) in [6.07, 6.45) is 11.4. The van der Waals surface area contributed by atoms with Crippen LogP contribution < -0.4 is 0 Å². The van der Waals surface area contributed by atoms with E-state index in [4.69, 9.17) is 0 Å². The van der Waals surface area contributed by atoms with Crippen molar-refractivity contribution in [3.63, 3.8) is 0 Å². The van der Waals surface area contributed by atoms with Gasteiger partial charge in [0.25, 0.3) is 0 Å². The van der Waals surface area contributed by atoms with E-state index in [0.717, 1.165) is 24.3 Å². The smallest absolute Gasteiger partial charge is 0.217 e. The van der Waals surface area contributed by atoms with Crippen molar-refractivity contribution in [3.05, 3.63) is 35.4 Å². The summed E-state index contributed by atoms with van der Waals surface area (Å²) in [5, 5.41) is 0. The van der Waals surface area contributed by atoms with Crippen molar-refractivity contribution in [3.8, 4) is 0 Å². The van der Waals surface area contributed by atoms with E-state index in [1.54, 1.807) is 0 Å². The summed E-state index contributed by atoms with van der Waals surface area (Å²) in [5.41, 5.74) is 2.41. The summed E-state index contributed by atoms with van der Waals surface area (Å²) in [6.45, 7) is 4.45. The monoisotopic (exact) mass is 345 g/mol. The van der Waals surface area contributed by atoms with Gasteiger partial charge in [0, 0.05) is 29.3 Å². The highest BCUT2D eigenvalue weighted by atomic mass is 32.2. The summed E-state index contributed by atoms with van der Waals surface area (Å²) >= 11 is 0. The van der Waals surface area contributed by atoms with Crippen LogP contribution in [0.15, 0.2) is 24.3 Å². The molecule has 2 heteroatoms. The van der Waals surface area contributed by atoms with Gasteiger partial charge in [0.1, 0.15) is 11.5 Å². The van der Waals surface area contributed by atoms with Crippen molar-refractivity contribution < 1.29 is 4.79 Å². The Morgan fingerprint density at radius 1 is 0.958 bits per heavy atom. The number of hydrogen-bond acceptors (Lipinski definition) is 1. The molecular weight excluding hydrogens is 312 g/mol. The lowest BCUT2D eigenvalue weighted by molar-refractivity contribution is 0.0935. The first kappa shape index (κ1) is 18.0. The average Bonchev–Trinajstić information content (AvgIpc) is 3.19. The van der Waals surface area contributed by atoms with Crippen LogP contribution in [0.4, 0.5) is 0 Å². The van der Waals surface area contributed by atoms with Gasteiger partial charge in [-0.2, -0.15) is 0 Å². The number of ketones is 1. The minimum absolute atomic E-state index is 0.0944. The number of hydrogen-bond donors (Lipinski definition) is 0. The Balaban J connectivity index is 1.79. The Hall–Kier alpha value is -0.760. The molecule has 0 radical (unpaired) electrons. The lowest BCUT2D eigenvalue weighted by Crippen LogP contribution is -2.46. The molecule has 2 aliphatic rings. The largest absolute Gasteiger partial charge is 0.288 e. The molecule has 0 unspecified atom stereocenters. The van der Waals surface area contributed by atoms with Crippen LogP contribution in [-0.4, -0.2) is 22.0 Å². The fourth-order valence-corrected chi connectivity index (χ4v) is 8.05. The number of carbonyl (C=O) groups excluding carboxylic acids is 1. The SMILES string of the molecule is CCC(CC)(C(=O)c1ccc(C2CCCCC2)cc1)[S+]1CCCC1. The Kier molecular flexibility index (Phi) is 6.07. The van der Waals surface area contributed by atoms with Crippen molar-refractivity contribution in [2.45, 2.75) is 82.3 Å². The van der Waals surface area contributed by atoms with Crippen LogP contribution in [-0.2, 0) is 10.9 Å². The Bertz CT molecular complexity index is 532. The lowest BCUT2D eigenvalue weighted by Gasteiger charge is -2.28. The number of benzene rings is 1. The summed E-state index contributed by atoms with van der Waals surface area (Å²) in [7, 11) is 0.286. The third-order valence-corrected chi connectivity index (χ3v) is 9.82. The van der Waals surface area contributed by atoms with Crippen molar-refractivity contribution >= 4 is 16.7 Å². The first-order valence-corrected chi connectivity index (χ1v) is 11.6. The molecule has 1 heterocycles. The van der Waals surface area contributed by atoms with Crippen molar-refractivity contribution in [2.75, 3.05) is 11.5 Å². The maximum absolute atomic E-state index is 13.4. The molecule has 24 heavy (non-hydrogen) atoms. The highest BCUT2D eigenvalue weighted by molar-refractivity contribution is 7.99. The predicted molar refractivity (Wildman–Crippen MR) is 106 cm³/mol. The topological polar surface area (TPSA) is 17.1 Å². The van der Waals surface area contributed by atoms with E-state index in [-0.39, 0.29) is 15.6 Å². The molecule has 1 aliphatic carbocycles. The van der Waals surface area contributed by atoms with Crippen molar-refractivity contribution in [1.29, 1.82) is 0 Å². The minimum Gasteiger partial charge on any atom is -0.288 e. The molecule has 0 aromatic heterocycles. The maximum Gasteiger partial charge on any atom is 0.217 e. The van der Waals surface area contributed by atoms with Gasteiger partial charge in [0.2, 0.25) is 5.78 Å². The highest BCUT2D eigenvalue weighted by Gasteiger charge is 2.52. The van der Waals surface area contributed by atoms with E-state index in [0.29, 0.717) is 5.78 Å². The minimum atomic E-state index is -0.0944. The lowest BCUT2D eigenvalue weighted by atomic mass is 9.83. The predicted octanol–water partition coefficient (Wildman–Crippen LogP) is 5.89. The molecule has 1 aliphatic heterocycles. The summed E-state index contributed by atoms with van der Waals surface area (Å²) in [4.78, 5) is 13.4. The first-order valence-electron chi connectivity index (χ1n) is 10.0. The molecule has 1 aromatic carbocycles. The van der Waals surface area contributed by atoms with Crippen LogP contribution in [0, 0.1) is 0 Å². The zero-order valence-electron chi connectivity index (χ0n) is 15.5. The van der Waals surface area contributed by atoms with E-state index in [1.807, 2.05) is 0 Å². The molecular formula is C22H33OS+. The molecule has 0 atom stereocenters. The van der Waals surface area contributed by atoms with Gasteiger partial charge in [-0.25, -0.2) is 0 Å². The molecule has 0 amide bonds. The Labute approximate surface area is 151 Å². The molecule has 0 spiro atoms. The third-order valence-electron chi connectivity index (χ3n) is 6.39.